The quantitative estimate of drug-likeness (QED) is 0.776. The third kappa shape index (κ3) is 3.06. The zero-order chi connectivity index (χ0) is 13.7. The minimum atomic E-state index is -1.79. The van der Waals surface area contributed by atoms with E-state index in [9.17, 15) is 14.7 Å². The number of carbonyl (C=O) groups is 2. The van der Waals surface area contributed by atoms with Crippen molar-refractivity contribution in [3.63, 3.8) is 0 Å². The molecule has 0 aromatic heterocycles. The number of carbonyl (C=O) groups excluding carboxylic acids is 1. The van der Waals surface area contributed by atoms with E-state index in [0.29, 0.717) is 5.56 Å². The van der Waals surface area contributed by atoms with E-state index in [-0.39, 0.29) is 29.2 Å². The summed E-state index contributed by atoms with van der Waals surface area (Å²) in [6, 6.07) is 6.16. The molecule has 1 unspecified atom stereocenters. The monoisotopic (exact) mass is 267 g/mol. The Morgan fingerprint density at radius 1 is 1.44 bits per heavy atom. The topological polar surface area (TPSA) is 98.4 Å². The van der Waals surface area contributed by atoms with Gasteiger partial charge in [-0.2, -0.15) is 5.26 Å². The van der Waals surface area contributed by atoms with Gasteiger partial charge in [0.25, 0.3) is 0 Å². The first-order valence-electron chi connectivity index (χ1n) is 5.01. The van der Waals surface area contributed by atoms with Crippen LogP contribution in [-0.4, -0.2) is 27.8 Å². The summed E-state index contributed by atoms with van der Waals surface area (Å²) in [6.07, 6.45) is -1.85. The fourth-order valence-corrected chi connectivity index (χ4v) is 1.62. The minimum Gasteiger partial charge on any atom is -0.479 e. The van der Waals surface area contributed by atoms with E-state index >= 15 is 0 Å². The summed E-state index contributed by atoms with van der Waals surface area (Å²) in [5.74, 6) is -1.92. The summed E-state index contributed by atoms with van der Waals surface area (Å²) in [4.78, 5) is 22.0. The van der Waals surface area contributed by atoms with Gasteiger partial charge in [-0.05, 0) is 5.56 Å². The molecule has 1 aromatic carbocycles. The molecule has 1 atom stereocenters. The molecule has 2 N–H and O–H groups in total. The maximum atomic E-state index is 11.2. The molecular formula is C12H10ClNO4. The van der Waals surface area contributed by atoms with Crippen molar-refractivity contribution in [1.29, 1.82) is 5.26 Å². The van der Waals surface area contributed by atoms with Gasteiger partial charge in [0, 0.05) is 12.0 Å². The van der Waals surface area contributed by atoms with Crippen LogP contribution < -0.4 is 0 Å². The first kappa shape index (κ1) is 14.2. The van der Waals surface area contributed by atoms with E-state index in [0.717, 1.165) is 0 Å². The summed E-state index contributed by atoms with van der Waals surface area (Å²) < 4.78 is 0. The average molecular weight is 268 g/mol. The zero-order valence-corrected chi connectivity index (χ0v) is 10.0. The number of nitriles is 1. The molecule has 0 radical (unpaired) electrons. The largest absolute Gasteiger partial charge is 0.479 e. The fourth-order valence-electron chi connectivity index (χ4n) is 1.52. The summed E-state index contributed by atoms with van der Waals surface area (Å²) in [5, 5.41) is 27.2. The molecule has 18 heavy (non-hydrogen) atoms. The van der Waals surface area contributed by atoms with Crippen LogP contribution in [0.5, 0.6) is 0 Å². The van der Waals surface area contributed by atoms with Crippen LogP contribution in [0.3, 0.4) is 0 Å². The highest BCUT2D eigenvalue weighted by Crippen LogP contribution is 2.22. The first-order chi connectivity index (χ1) is 8.51. The maximum Gasteiger partial charge on any atom is 0.337 e. The van der Waals surface area contributed by atoms with Crippen molar-refractivity contribution in [1.82, 2.24) is 0 Å². The lowest BCUT2D eigenvalue weighted by molar-refractivity contribution is -0.147. The lowest BCUT2D eigenvalue weighted by Crippen LogP contribution is -2.14. The van der Waals surface area contributed by atoms with E-state index in [2.05, 4.69) is 0 Å². The van der Waals surface area contributed by atoms with Gasteiger partial charge < -0.3 is 10.2 Å². The molecule has 0 aliphatic heterocycles. The van der Waals surface area contributed by atoms with Gasteiger partial charge in [0.2, 0.25) is 0 Å². The van der Waals surface area contributed by atoms with Crippen molar-refractivity contribution in [2.75, 3.05) is 5.88 Å². The number of hydrogen-bond donors (Lipinski definition) is 2. The molecule has 0 aliphatic rings. The Morgan fingerprint density at radius 3 is 2.61 bits per heavy atom. The Kier molecular flexibility index (Phi) is 4.84. The highest BCUT2D eigenvalue weighted by atomic mass is 35.5. The SMILES string of the molecule is N#Cc1c(CC(=O)CCl)cccc1C(O)C(=O)O. The molecule has 0 heterocycles. The second kappa shape index (κ2) is 6.15. The molecule has 1 rings (SSSR count). The molecular weight excluding hydrogens is 258 g/mol. The van der Waals surface area contributed by atoms with Gasteiger partial charge in [0.1, 0.15) is 0 Å². The number of carboxylic acid groups (broad SMARTS) is 1. The van der Waals surface area contributed by atoms with E-state index in [1.54, 1.807) is 0 Å². The summed E-state index contributed by atoms with van der Waals surface area (Å²) >= 11 is 5.37. The molecule has 94 valence electrons. The van der Waals surface area contributed by atoms with Gasteiger partial charge in [0.15, 0.2) is 11.9 Å². The van der Waals surface area contributed by atoms with Gasteiger partial charge in [-0.25, -0.2) is 4.79 Å². The molecule has 0 saturated heterocycles. The van der Waals surface area contributed by atoms with Crippen molar-refractivity contribution in [3.8, 4) is 6.07 Å². The number of alkyl halides is 1. The molecule has 1 aromatic rings. The van der Waals surface area contributed by atoms with Gasteiger partial charge >= 0.3 is 5.97 Å². The Bertz CT molecular complexity index is 521. The normalized spacial score (nSPS) is 11.6. The molecule has 5 nitrogen and oxygen atoms in total. The van der Waals surface area contributed by atoms with Crippen molar-refractivity contribution in [2.45, 2.75) is 12.5 Å². The number of hydrogen-bond acceptors (Lipinski definition) is 4. The highest BCUT2D eigenvalue weighted by molar-refractivity contribution is 6.27. The Morgan fingerprint density at radius 2 is 2.11 bits per heavy atom. The first-order valence-corrected chi connectivity index (χ1v) is 5.55. The third-order valence-corrected chi connectivity index (χ3v) is 2.66. The number of aliphatic carboxylic acids is 1. The summed E-state index contributed by atoms with van der Waals surface area (Å²) in [5.41, 5.74) is 0.344. The minimum absolute atomic E-state index is 0.00543. The molecule has 6 heteroatoms. The zero-order valence-electron chi connectivity index (χ0n) is 9.26. The average Bonchev–Trinajstić information content (AvgIpc) is 2.37. The van der Waals surface area contributed by atoms with Crippen LogP contribution >= 0.6 is 11.6 Å². The number of nitrogens with zero attached hydrogens (tertiary/aromatic N) is 1. The Hall–Kier alpha value is -1.90. The number of Topliss-reactive ketones (excluding diaryl/α,β-unsaturated/α-hetero) is 1. The molecule has 0 saturated carbocycles. The number of aliphatic hydroxyl groups is 1. The fraction of sp³-hybridized carbons (Fsp3) is 0.250. The van der Waals surface area contributed by atoms with Crippen molar-refractivity contribution in [2.24, 2.45) is 0 Å². The smallest absolute Gasteiger partial charge is 0.337 e. The lowest BCUT2D eigenvalue weighted by Gasteiger charge is -2.11. The molecule has 0 bridgehead atoms. The number of rotatable bonds is 5. The maximum absolute atomic E-state index is 11.2. The summed E-state index contributed by atoms with van der Waals surface area (Å²) in [6.45, 7) is 0. The van der Waals surface area contributed by atoms with E-state index in [4.69, 9.17) is 22.0 Å². The second-order valence-electron chi connectivity index (χ2n) is 3.58. The second-order valence-corrected chi connectivity index (χ2v) is 3.85. The number of aliphatic hydroxyl groups excluding tert-OH is 1. The predicted molar refractivity (Wildman–Crippen MR) is 63.2 cm³/mol. The molecule has 0 spiro atoms. The predicted octanol–water partition coefficient (Wildman–Crippen LogP) is 1.03. The Labute approximate surface area is 108 Å². The van der Waals surface area contributed by atoms with Crippen LogP contribution in [0.15, 0.2) is 18.2 Å². The van der Waals surface area contributed by atoms with Crippen molar-refractivity contribution < 1.29 is 19.8 Å². The number of halogens is 1. The van der Waals surface area contributed by atoms with Crippen LogP contribution in [-0.2, 0) is 16.0 Å². The molecule has 0 amide bonds. The van der Waals surface area contributed by atoms with Gasteiger partial charge in [-0.3, -0.25) is 4.79 Å². The highest BCUT2D eigenvalue weighted by Gasteiger charge is 2.21. The van der Waals surface area contributed by atoms with Gasteiger partial charge in [0.05, 0.1) is 17.5 Å². The number of ketones is 1. The van der Waals surface area contributed by atoms with E-state index in [1.165, 1.54) is 18.2 Å². The Balaban J connectivity index is 3.23. The van der Waals surface area contributed by atoms with Gasteiger partial charge in [-0.15, -0.1) is 11.6 Å². The van der Waals surface area contributed by atoms with Gasteiger partial charge in [-0.1, -0.05) is 18.2 Å². The van der Waals surface area contributed by atoms with Crippen LogP contribution in [0.25, 0.3) is 0 Å². The third-order valence-electron chi connectivity index (χ3n) is 2.36. The number of benzene rings is 1. The molecule has 0 fully saturated rings. The van der Waals surface area contributed by atoms with Crippen molar-refractivity contribution in [3.05, 3.63) is 34.9 Å². The lowest BCUT2D eigenvalue weighted by atomic mass is 9.95. The number of carboxylic acids is 1. The van der Waals surface area contributed by atoms with E-state index < -0.39 is 12.1 Å². The van der Waals surface area contributed by atoms with Crippen molar-refractivity contribution >= 4 is 23.4 Å². The standard InChI is InChI=1S/C12H10ClNO4/c13-5-8(15)4-7-2-1-3-9(10(7)6-14)11(16)12(17)18/h1-3,11,16H,4-5H2,(H,17,18). The van der Waals surface area contributed by atoms with Crippen LogP contribution in [0.1, 0.15) is 22.8 Å². The van der Waals surface area contributed by atoms with E-state index in [1.807, 2.05) is 6.07 Å². The van der Waals surface area contributed by atoms with Crippen LogP contribution in [0.4, 0.5) is 0 Å². The summed E-state index contributed by atoms with van der Waals surface area (Å²) in [7, 11) is 0. The molecule has 0 aliphatic carbocycles. The van der Waals surface area contributed by atoms with Crippen LogP contribution in [0.2, 0.25) is 0 Å². The van der Waals surface area contributed by atoms with Crippen LogP contribution in [0, 0.1) is 11.3 Å².